The highest BCUT2D eigenvalue weighted by Crippen LogP contribution is 2.29. The van der Waals surface area contributed by atoms with Crippen LogP contribution in [0.2, 0.25) is 0 Å². The van der Waals surface area contributed by atoms with Gasteiger partial charge in [0.2, 0.25) is 5.91 Å². The molecule has 3 rings (SSSR count). The summed E-state index contributed by atoms with van der Waals surface area (Å²) in [4.78, 5) is 22.5. The van der Waals surface area contributed by atoms with Gasteiger partial charge in [-0.05, 0) is 24.6 Å². The van der Waals surface area contributed by atoms with Gasteiger partial charge in [-0.15, -0.1) is 0 Å². The summed E-state index contributed by atoms with van der Waals surface area (Å²) in [5, 5.41) is 0. The highest BCUT2D eigenvalue weighted by Gasteiger charge is 2.31. The molecule has 156 valence electrons. The van der Waals surface area contributed by atoms with E-state index >= 15 is 0 Å². The van der Waals surface area contributed by atoms with E-state index in [0.29, 0.717) is 51.6 Å². The molecule has 1 saturated heterocycles. The van der Waals surface area contributed by atoms with E-state index in [1.807, 2.05) is 47.1 Å². The number of pyridine rings is 1. The first kappa shape index (κ1) is 21.1. The number of rotatable bonds is 6. The molecular formula is C21H25F3N4O. The highest BCUT2D eigenvalue weighted by molar-refractivity contribution is 5.78. The zero-order valence-corrected chi connectivity index (χ0v) is 16.4. The van der Waals surface area contributed by atoms with E-state index in [2.05, 4.69) is 9.88 Å². The first-order chi connectivity index (χ1) is 13.9. The van der Waals surface area contributed by atoms with Gasteiger partial charge in [-0.25, -0.2) is 4.98 Å². The molecule has 1 aliphatic rings. The number of hydrogen-bond acceptors (Lipinski definition) is 4. The van der Waals surface area contributed by atoms with Crippen molar-refractivity contribution in [1.82, 2.24) is 14.8 Å². The van der Waals surface area contributed by atoms with Crippen LogP contribution in [-0.4, -0.2) is 60.0 Å². The summed E-state index contributed by atoms with van der Waals surface area (Å²) < 4.78 is 38.0. The lowest BCUT2D eigenvalue weighted by Crippen LogP contribution is -2.50. The van der Waals surface area contributed by atoms with Crippen LogP contribution >= 0.6 is 0 Å². The van der Waals surface area contributed by atoms with Gasteiger partial charge < -0.3 is 9.80 Å². The van der Waals surface area contributed by atoms with Gasteiger partial charge in [0.05, 0.1) is 12.1 Å². The Morgan fingerprint density at radius 2 is 1.76 bits per heavy atom. The van der Waals surface area contributed by atoms with E-state index in [4.69, 9.17) is 0 Å². The van der Waals surface area contributed by atoms with E-state index in [-0.39, 0.29) is 5.91 Å². The molecule has 0 atom stereocenters. The van der Waals surface area contributed by atoms with Crippen molar-refractivity contribution in [3.63, 3.8) is 0 Å². The van der Waals surface area contributed by atoms with E-state index in [0.717, 1.165) is 17.8 Å². The number of carbonyl (C=O) groups excluding carboxylic acids is 1. The SMILES string of the molecule is CCN(Cc1ccccc1)C(=O)CN1CCN(c2ccc(C(F)(F)F)cn2)CC1. The maximum absolute atomic E-state index is 12.7. The molecule has 2 heterocycles. The first-order valence-electron chi connectivity index (χ1n) is 9.69. The summed E-state index contributed by atoms with van der Waals surface area (Å²) in [6, 6.07) is 12.3. The Morgan fingerprint density at radius 3 is 2.31 bits per heavy atom. The zero-order chi connectivity index (χ0) is 20.9. The molecule has 5 nitrogen and oxygen atoms in total. The average molecular weight is 406 g/mol. The number of alkyl halides is 3. The normalized spacial score (nSPS) is 15.4. The van der Waals surface area contributed by atoms with Crippen LogP contribution in [0.15, 0.2) is 48.7 Å². The van der Waals surface area contributed by atoms with Crippen LogP contribution in [0.3, 0.4) is 0 Å². The second-order valence-corrected chi connectivity index (χ2v) is 7.06. The second kappa shape index (κ2) is 9.26. The second-order valence-electron chi connectivity index (χ2n) is 7.06. The summed E-state index contributed by atoms with van der Waals surface area (Å²) in [5.74, 6) is 0.612. The molecule has 0 N–H and O–H groups in total. The van der Waals surface area contributed by atoms with E-state index in [1.54, 1.807) is 0 Å². The Bertz CT molecular complexity index is 788. The van der Waals surface area contributed by atoms with Crippen molar-refractivity contribution in [1.29, 1.82) is 0 Å². The minimum Gasteiger partial charge on any atom is -0.354 e. The van der Waals surface area contributed by atoms with E-state index < -0.39 is 11.7 Å². The molecule has 29 heavy (non-hydrogen) atoms. The van der Waals surface area contributed by atoms with Gasteiger partial charge in [-0.3, -0.25) is 9.69 Å². The van der Waals surface area contributed by atoms with Crippen LogP contribution < -0.4 is 4.90 Å². The number of amides is 1. The van der Waals surface area contributed by atoms with Crippen LogP contribution in [0.4, 0.5) is 19.0 Å². The number of nitrogens with zero attached hydrogens (tertiary/aromatic N) is 4. The Hall–Kier alpha value is -2.61. The van der Waals surface area contributed by atoms with E-state index in [9.17, 15) is 18.0 Å². The quantitative estimate of drug-likeness (QED) is 0.738. The number of aromatic nitrogens is 1. The van der Waals surface area contributed by atoms with Crippen molar-refractivity contribution < 1.29 is 18.0 Å². The molecule has 0 bridgehead atoms. The third-order valence-corrected chi connectivity index (χ3v) is 5.08. The fraction of sp³-hybridized carbons (Fsp3) is 0.429. The van der Waals surface area contributed by atoms with Gasteiger partial charge in [-0.2, -0.15) is 13.2 Å². The summed E-state index contributed by atoms with van der Waals surface area (Å²) >= 11 is 0. The topological polar surface area (TPSA) is 39.7 Å². The fourth-order valence-electron chi connectivity index (χ4n) is 3.35. The molecule has 1 fully saturated rings. The van der Waals surface area contributed by atoms with Gasteiger partial charge in [0.1, 0.15) is 5.82 Å². The summed E-state index contributed by atoms with van der Waals surface area (Å²) in [6.45, 7) is 6.11. The monoisotopic (exact) mass is 406 g/mol. The standard InChI is InChI=1S/C21H25F3N4O/c1-2-27(15-17-6-4-3-5-7-17)20(29)16-26-10-12-28(13-11-26)19-9-8-18(14-25-19)21(22,23)24/h3-9,14H,2,10-13,15-16H2,1H3. The highest BCUT2D eigenvalue weighted by atomic mass is 19.4. The fourth-order valence-corrected chi connectivity index (χ4v) is 3.35. The van der Waals surface area contributed by atoms with Crippen LogP contribution in [0.25, 0.3) is 0 Å². The van der Waals surface area contributed by atoms with Gasteiger partial charge in [0, 0.05) is 45.5 Å². The molecule has 0 aliphatic carbocycles. The molecule has 0 unspecified atom stereocenters. The van der Waals surface area contributed by atoms with Crippen molar-refractivity contribution in [2.45, 2.75) is 19.6 Å². The molecule has 0 saturated carbocycles. The molecule has 8 heteroatoms. The maximum Gasteiger partial charge on any atom is 0.417 e. The summed E-state index contributed by atoms with van der Waals surface area (Å²) in [6.07, 6.45) is -3.51. The van der Waals surface area contributed by atoms with Gasteiger partial charge in [-0.1, -0.05) is 30.3 Å². The molecule has 0 radical (unpaired) electrons. The number of anilines is 1. The van der Waals surface area contributed by atoms with Gasteiger partial charge in [0.15, 0.2) is 0 Å². The van der Waals surface area contributed by atoms with Crippen molar-refractivity contribution in [2.75, 3.05) is 44.2 Å². The number of benzene rings is 1. The predicted octanol–water partition coefficient (Wildman–Crippen LogP) is 3.27. The van der Waals surface area contributed by atoms with Crippen LogP contribution in [-0.2, 0) is 17.5 Å². The van der Waals surface area contributed by atoms with Crippen LogP contribution in [0, 0.1) is 0 Å². The first-order valence-corrected chi connectivity index (χ1v) is 9.69. The minimum absolute atomic E-state index is 0.0810. The summed E-state index contributed by atoms with van der Waals surface area (Å²) in [5.41, 5.74) is 0.351. The van der Waals surface area contributed by atoms with Crippen molar-refractivity contribution >= 4 is 11.7 Å². The van der Waals surface area contributed by atoms with Crippen molar-refractivity contribution in [3.05, 3.63) is 59.8 Å². The Morgan fingerprint density at radius 1 is 1.07 bits per heavy atom. The molecule has 1 aromatic carbocycles. The third-order valence-electron chi connectivity index (χ3n) is 5.08. The van der Waals surface area contributed by atoms with Gasteiger partial charge in [0.25, 0.3) is 0 Å². The lowest BCUT2D eigenvalue weighted by atomic mass is 10.2. The average Bonchev–Trinajstić information content (AvgIpc) is 2.72. The zero-order valence-electron chi connectivity index (χ0n) is 16.4. The molecule has 1 amide bonds. The number of halogens is 3. The predicted molar refractivity (Wildman–Crippen MR) is 105 cm³/mol. The molecule has 0 spiro atoms. The number of piperazine rings is 1. The number of likely N-dealkylation sites (N-methyl/N-ethyl adjacent to an activating group) is 1. The lowest BCUT2D eigenvalue weighted by molar-refractivity contribution is -0.137. The minimum atomic E-state index is -4.38. The van der Waals surface area contributed by atoms with Crippen LogP contribution in [0.1, 0.15) is 18.1 Å². The summed E-state index contributed by atoms with van der Waals surface area (Å²) in [7, 11) is 0. The molecular weight excluding hydrogens is 381 g/mol. The molecule has 1 aromatic heterocycles. The van der Waals surface area contributed by atoms with Gasteiger partial charge >= 0.3 is 6.18 Å². The van der Waals surface area contributed by atoms with Crippen molar-refractivity contribution in [2.24, 2.45) is 0 Å². The lowest BCUT2D eigenvalue weighted by Gasteiger charge is -2.36. The Labute approximate surface area is 168 Å². The number of carbonyl (C=O) groups is 1. The Balaban J connectivity index is 1.50. The maximum atomic E-state index is 12.7. The molecule has 1 aliphatic heterocycles. The molecule has 2 aromatic rings. The Kier molecular flexibility index (Phi) is 6.74. The number of hydrogen-bond donors (Lipinski definition) is 0. The smallest absolute Gasteiger partial charge is 0.354 e. The third kappa shape index (κ3) is 5.69. The van der Waals surface area contributed by atoms with Crippen molar-refractivity contribution in [3.8, 4) is 0 Å². The van der Waals surface area contributed by atoms with Crippen LogP contribution in [0.5, 0.6) is 0 Å². The largest absolute Gasteiger partial charge is 0.417 e. The van der Waals surface area contributed by atoms with E-state index in [1.165, 1.54) is 6.07 Å².